The van der Waals surface area contributed by atoms with Crippen molar-refractivity contribution in [1.82, 2.24) is 9.88 Å². The molecule has 1 aromatic heterocycles. The third-order valence-electron chi connectivity index (χ3n) is 3.60. The number of rotatable bonds is 5. The van der Waals surface area contributed by atoms with Crippen LogP contribution in [0.4, 0.5) is 5.82 Å². The monoisotopic (exact) mass is 263 g/mol. The Hall–Kier alpha value is -1.62. The maximum atomic E-state index is 10.7. The molecule has 1 unspecified atom stereocenters. The highest BCUT2D eigenvalue weighted by atomic mass is 16.4. The topological polar surface area (TPSA) is 65.5 Å². The molecule has 0 aromatic carbocycles. The molecule has 0 aliphatic carbocycles. The Morgan fingerprint density at radius 1 is 1.42 bits per heavy atom. The van der Waals surface area contributed by atoms with Gasteiger partial charge in [-0.2, -0.15) is 0 Å². The maximum absolute atomic E-state index is 10.7. The van der Waals surface area contributed by atoms with Crippen LogP contribution in [-0.2, 0) is 0 Å². The van der Waals surface area contributed by atoms with Gasteiger partial charge in [-0.3, -0.25) is 4.90 Å². The van der Waals surface area contributed by atoms with E-state index in [2.05, 4.69) is 22.1 Å². The van der Waals surface area contributed by atoms with E-state index >= 15 is 0 Å². The Morgan fingerprint density at radius 3 is 2.74 bits per heavy atom. The maximum Gasteiger partial charge on any atom is 0.337 e. The van der Waals surface area contributed by atoms with Crippen LogP contribution in [0.2, 0.25) is 0 Å². The van der Waals surface area contributed by atoms with Gasteiger partial charge in [0.25, 0.3) is 0 Å². The molecule has 2 heterocycles. The molecule has 0 bridgehead atoms. The summed E-state index contributed by atoms with van der Waals surface area (Å²) in [4.78, 5) is 17.3. The SMILES string of the molecule is CC(CNc1ccc(C(=O)O)cn1)N1CCCCC1. The molecule has 2 rings (SSSR count). The molecule has 104 valence electrons. The largest absolute Gasteiger partial charge is 0.478 e. The summed E-state index contributed by atoms with van der Waals surface area (Å²) in [6.07, 6.45) is 5.30. The van der Waals surface area contributed by atoms with Crippen LogP contribution in [0, 0.1) is 0 Å². The number of hydrogen-bond donors (Lipinski definition) is 2. The van der Waals surface area contributed by atoms with Gasteiger partial charge in [-0.15, -0.1) is 0 Å². The van der Waals surface area contributed by atoms with Crippen LogP contribution in [0.15, 0.2) is 18.3 Å². The summed E-state index contributed by atoms with van der Waals surface area (Å²) < 4.78 is 0. The molecule has 1 aliphatic rings. The first-order chi connectivity index (χ1) is 9.16. The zero-order chi connectivity index (χ0) is 13.7. The second kappa shape index (κ2) is 6.52. The molecular weight excluding hydrogens is 242 g/mol. The summed E-state index contributed by atoms with van der Waals surface area (Å²) in [5, 5.41) is 12.1. The Labute approximate surface area is 113 Å². The van der Waals surface area contributed by atoms with Crippen LogP contribution in [0.25, 0.3) is 0 Å². The number of carbonyl (C=O) groups is 1. The smallest absolute Gasteiger partial charge is 0.337 e. The van der Waals surface area contributed by atoms with Gasteiger partial charge >= 0.3 is 5.97 Å². The number of aromatic nitrogens is 1. The first-order valence-corrected chi connectivity index (χ1v) is 6.84. The number of aromatic carboxylic acids is 1. The second-order valence-corrected chi connectivity index (χ2v) is 5.06. The molecule has 0 amide bonds. The van der Waals surface area contributed by atoms with Gasteiger partial charge in [0, 0.05) is 18.8 Å². The van der Waals surface area contributed by atoms with Crippen LogP contribution >= 0.6 is 0 Å². The zero-order valence-electron chi connectivity index (χ0n) is 11.3. The molecule has 1 aliphatic heterocycles. The molecule has 19 heavy (non-hydrogen) atoms. The van der Waals surface area contributed by atoms with Crippen molar-refractivity contribution in [3.8, 4) is 0 Å². The first-order valence-electron chi connectivity index (χ1n) is 6.84. The van der Waals surface area contributed by atoms with Crippen molar-refractivity contribution in [2.24, 2.45) is 0 Å². The highest BCUT2D eigenvalue weighted by molar-refractivity contribution is 5.87. The highest BCUT2D eigenvalue weighted by Crippen LogP contribution is 2.12. The van der Waals surface area contributed by atoms with Gasteiger partial charge < -0.3 is 10.4 Å². The second-order valence-electron chi connectivity index (χ2n) is 5.06. The van der Waals surface area contributed by atoms with Crippen LogP contribution < -0.4 is 5.32 Å². The van der Waals surface area contributed by atoms with Crippen molar-refractivity contribution in [3.05, 3.63) is 23.9 Å². The Kier molecular flexibility index (Phi) is 4.74. The predicted molar refractivity (Wildman–Crippen MR) is 74.6 cm³/mol. The van der Waals surface area contributed by atoms with Crippen molar-refractivity contribution in [1.29, 1.82) is 0 Å². The van der Waals surface area contributed by atoms with Crippen molar-refractivity contribution < 1.29 is 9.90 Å². The number of anilines is 1. The van der Waals surface area contributed by atoms with Crippen LogP contribution in [0.1, 0.15) is 36.5 Å². The molecule has 5 heteroatoms. The van der Waals surface area contributed by atoms with E-state index in [0.717, 1.165) is 12.4 Å². The third kappa shape index (κ3) is 3.92. The Bertz CT molecular complexity index is 413. The fraction of sp³-hybridized carbons (Fsp3) is 0.571. The van der Waals surface area contributed by atoms with Gasteiger partial charge in [0.2, 0.25) is 0 Å². The lowest BCUT2D eigenvalue weighted by Gasteiger charge is -2.32. The third-order valence-corrected chi connectivity index (χ3v) is 3.60. The lowest BCUT2D eigenvalue weighted by atomic mass is 10.1. The number of nitrogens with zero attached hydrogens (tertiary/aromatic N) is 2. The highest BCUT2D eigenvalue weighted by Gasteiger charge is 2.16. The summed E-state index contributed by atoms with van der Waals surface area (Å²) in [6, 6.07) is 3.76. The number of piperidine rings is 1. The van der Waals surface area contributed by atoms with Gasteiger partial charge in [0.15, 0.2) is 0 Å². The Morgan fingerprint density at radius 2 is 2.16 bits per heavy atom. The lowest BCUT2D eigenvalue weighted by Crippen LogP contribution is -2.41. The summed E-state index contributed by atoms with van der Waals surface area (Å²) in [6.45, 7) is 5.39. The van der Waals surface area contributed by atoms with E-state index in [0.29, 0.717) is 6.04 Å². The van der Waals surface area contributed by atoms with E-state index in [1.165, 1.54) is 38.5 Å². The van der Waals surface area contributed by atoms with Gasteiger partial charge in [0.05, 0.1) is 5.56 Å². The molecular formula is C14H21N3O2. The fourth-order valence-electron chi connectivity index (χ4n) is 2.37. The van der Waals surface area contributed by atoms with E-state index < -0.39 is 5.97 Å². The molecule has 0 saturated carbocycles. The van der Waals surface area contributed by atoms with Crippen molar-refractivity contribution in [2.45, 2.75) is 32.2 Å². The van der Waals surface area contributed by atoms with E-state index in [9.17, 15) is 4.79 Å². The minimum Gasteiger partial charge on any atom is -0.478 e. The van der Waals surface area contributed by atoms with E-state index in [1.807, 2.05) is 0 Å². The first kappa shape index (κ1) is 13.8. The number of nitrogens with one attached hydrogen (secondary N) is 1. The normalized spacial score (nSPS) is 17.9. The number of pyridine rings is 1. The lowest BCUT2D eigenvalue weighted by molar-refractivity contribution is 0.0696. The summed E-state index contributed by atoms with van der Waals surface area (Å²) in [7, 11) is 0. The van der Waals surface area contributed by atoms with E-state index in [1.54, 1.807) is 12.1 Å². The van der Waals surface area contributed by atoms with Gasteiger partial charge in [-0.25, -0.2) is 9.78 Å². The summed E-state index contributed by atoms with van der Waals surface area (Å²) in [5.41, 5.74) is 0.217. The molecule has 2 N–H and O–H groups in total. The fourth-order valence-corrected chi connectivity index (χ4v) is 2.37. The molecule has 1 aromatic rings. The minimum absolute atomic E-state index is 0.217. The summed E-state index contributed by atoms with van der Waals surface area (Å²) >= 11 is 0. The number of hydrogen-bond acceptors (Lipinski definition) is 4. The van der Waals surface area contributed by atoms with Crippen molar-refractivity contribution >= 4 is 11.8 Å². The number of carboxylic acids is 1. The summed E-state index contributed by atoms with van der Waals surface area (Å²) in [5.74, 6) is -0.213. The average molecular weight is 263 g/mol. The predicted octanol–water partition coefficient (Wildman–Crippen LogP) is 2.07. The molecule has 0 spiro atoms. The quantitative estimate of drug-likeness (QED) is 0.851. The van der Waals surface area contributed by atoms with Crippen LogP contribution in [-0.4, -0.2) is 46.6 Å². The van der Waals surface area contributed by atoms with Crippen molar-refractivity contribution in [3.63, 3.8) is 0 Å². The molecule has 1 fully saturated rings. The van der Waals surface area contributed by atoms with E-state index in [-0.39, 0.29) is 5.56 Å². The molecule has 1 atom stereocenters. The number of carboxylic acid groups (broad SMARTS) is 1. The molecule has 5 nitrogen and oxygen atoms in total. The van der Waals surface area contributed by atoms with Crippen molar-refractivity contribution in [2.75, 3.05) is 25.0 Å². The standard InChI is InChI=1S/C14H21N3O2/c1-11(17-7-3-2-4-8-17)9-15-13-6-5-12(10-16-13)14(18)19/h5-6,10-11H,2-4,7-9H2,1H3,(H,15,16)(H,18,19). The van der Waals surface area contributed by atoms with Gasteiger partial charge in [-0.1, -0.05) is 6.42 Å². The number of likely N-dealkylation sites (tertiary alicyclic amines) is 1. The molecule has 0 radical (unpaired) electrons. The zero-order valence-corrected chi connectivity index (χ0v) is 11.3. The van der Waals surface area contributed by atoms with Gasteiger partial charge in [-0.05, 0) is 45.0 Å². The minimum atomic E-state index is -0.944. The average Bonchev–Trinajstić information content (AvgIpc) is 2.46. The van der Waals surface area contributed by atoms with Crippen LogP contribution in [0.3, 0.4) is 0 Å². The Balaban J connectivity index is 1.82. The van der Waals surface area contributed by atoms with E-state index in [4.69, 9.17) is 5.11 Å². The molecule has 1 saturated heterocycles. The van der Waals surface area contributed by atoms with Crippen LogP contribution in [0.5, 0.6) is 0 Å². The van der Waals surface area contributed by atoms with Gasteiger partial charge in [0.1, 0.15) is 5.82 Å².